The number of anilines is 1. The van der Waals surface area contributed by atoms with Gasteiger partial charge in [0.25, 0.3) is 0 Å². The van der Waals surface area contributed by atoms with Crippen molar-refractivity contribution in [2.45, 2.75) is 6.54 Å². The van der Waals surface area contributed by atoms with Gasteiger partial charge in [-0.05, 0) is 34.1 Å². The number of nitrogens with zero attached hydrogens (tertiary/aromatic N) is 2. The SMILES string of the molecule is CN(Cc1coc2ccccc12)c1ccc(Br)cn1. The van der Waals surface area contributed by atoms with E-state index in [1.54, 1.807) is 6.20 Å². The van der Waals surface area contributed by atoms with Crippen molar-refractivity contribution in [2.75, 3.05) is 11.9 Å². The lowest BCUT2D eigenvalue weighted by Crippen LogP contribution is -2.17. The van der Waals surface area contributed by atoms with Crippen LogP contribution in [0.4, 0.5) is 5.82 Å². The zero-order valence-electron chi connectivity index (χ0n) is 10.5. The smallest absolute Gasteiger partial charge is 0.134 e. The van der Waals surface area contributed by atoms with Crippen molar-refractivity contribution >= 4 is 32.7 Å². The highest BCUT2D eigenvalue weighted by molar-refractivity contribution is 9.10. The van der Waals surface area contributed by atoms with E-state index in [0.717, 1.165) is 27.8 Å². The van der Waals surface area contributed by atoms with E-state index in [1.807, 2.05) is 43.6 Å². The number of hydrogen-bond donors (Lipinski definition) is 0. The molecule has 0 saturated heterocycles. The van der Waals surface area contributed by atoms with E-state index < -0.39 is 0 Å². The van der Waals surface area contributed by atoms with E-state index in [0.29, 0.717) is 0 Å². The molecule has 0 atom stereocenters. The van der Waals surface area contributed by atoms with Crippen LogP contribution in [0.3, 0.4) is 0 Å². The number of aromatic nitrogens is 1. The maximum atomic E-state index is 5.55. The topological polar surface area (TPSA) is 29.3 Å². The first kappa shape index (κ1) is 12.2. The molecule has 0 fully saturated rings. The molecule has 2 heterocycles. The predicted molar refractivity (Wildman–Crippen MR) is 80.3 cm³/mol. The average molecular weight is 317 g/mol. The first-order valence-electron chi connectivity index (χ1n) is 6.02. The summed E-state index contributed by atoms with van der Waals surface area (Å²) >= 11 is 3.39. The maximum absolute atomic E-state index is 5.55. The highest BCUT2D eigenvalue weighted by atomic mass is 79.9. The molecular formula is C15H13BrN2O. The molecule has 0 aliphatic carbocycles. The Morgan fingerprint density at radius 3 is 2.84 bits per heavy atom. The van der Waals surface area contributed by atoms with Gasteiger partial charge in [-0.2, -0.15) is 0 Å². The summed E-state index contributed by atoms with van der Waals surface area (Å²) in [7, 11) is 2.03. The van der Waals surface area contributed by atoms with Crippen molar-refractivity contribution in [3.63, 3.8) is 0 Å². The van der Waals surface area contributed by atoms with Crippen LogP contribution < -0.4 is 4.90 Å². The summed E-state index contributed by atoms with van der Waals surface area (Å²) < 4.78 is 6.53. The van der Waals surface area contributed by atoms with Gasteiger partial charge in [0.2, 0.25) is 0 Å². The zero-order chi connectivity index (χ0) is 13.2. The second kappa shape index (κ2) is 5.05. The molecule has 0 aliphatic heterocycles. The van der Waals surface area contributed by atoms with Gasteiger partial charge in [-0.25, -0.2) is 4.98 Å². The van der Waals surface area contributed by atoms with E-state index in [9.17, 15) is 0 Å². The van der Waals surface area contributed by atoms with Gasteiger partial charge in [-0.3, -0.25) is 0 Å². The van der Waals surface area contributed by atoms with Crippen LogP contribution in [0.15, 0.2) is 57.7 Å². The summed E-state index contributed by atoms with van der Waals surface area (Å²) in [5.41, 5.74) is 2.09. The van der Waals surface area contributed by atoms with E-state index in [2.05, 4.69) is 31.9 Å². The molecule has 2 aromatic heterocycles. The van der Waals surface area contributed by atoms with Gasteiger partial charge in [-0.15, -0.1) is 0 Å². The summed E-state index contributed by atoms with van der Waals surface area (Å²) in [6.45, 7) is 0.769. The molecule has 0 aliphatic rings. The van der Waals surface area contributed by atoms with Gasteiger partial charge >= 0.3 is 0 Å². The van der Waals surface area contributed by atoms with Crippen molar-refractivity contribution < 1.29 is 4.42 Å². The van der Waals surface area contributed by atoms with Crippen LogP contribution in [0.5, 0.6) is 0 Å². The van der Waals surface area contributed by atoms with E-state index in [1.165, 1.54) is 5.56 Å². The van der Waals surface area contributed by atoms with Crippen molar-refractivity contribution in [3.8, 4) is 0 Å². The zero-order valence-corrected chi connectivity index (χ0v) is 12.1. The van der Waals surface area contributed by atoms with E-state index in [4.69, 9.17) is 4.42 Å². The fourth-order valence-corrected chi connectivity index (χ4v) is 2.32. The van der Waals surface area contributed by atoms with E-state index >= 15 is 0 Å². The van der Waals surface area contributed by atoms with Crippen molar-refractivity contribution in [2.24, 2.45) is 0 Å². The average Bonchev–Trinajstić information content (AvgIpc) is 2.83. The molecule has 1 aromatic carbocycles. The predicted octanol–water partition coefficient (Wildman–Crippen LogP) is 4.23. The normalized spacial score (nSPS) is 10.8. The molecule has 0 radical (unpaired) electrons. The highest BCUT2D eigenvalue weighted by Crippen LogP contribution is 2.23. The number of pyridine rings is 1. The molecular weight excluding hydrogens is 304 g/mol. The summed E-state index contributed by atoms with van der Waals surface area (Å²) in [6, 6.07) is 12.1. The lowest BCUT2D eigenvalue weighted by molar-refractivity contribution is 0.609. The third-order valence-corrected chi connectivity index (χ3v) is 3.54. The van der Waals surface area contributed by atoms with Gasteiger partial charge in [0.05, 0.1) is 6.26 Å². The molecule has 96 valence electrons. The number of para-hydroxylation sites is 1. The molecule has 19 heavy (non-hydrogen) atoms. The molecule has 3 rings (SSSR count). The van der Waals surface area contributed by atoms with Crippen LogP contribution in [0.2, 0.25) is 0 Å². The summed E-state index contributed by atoms with van der Waals surface area (Å²) in [5, 5.41) is 1.16. The van der Waals surface area contributed by atoms with E-state index in [-0.39, 0.29) is 0 Å². The number of fused-ring (bicyclic) bond motifs is 1. The third-order valence-electron chi connectivity index (χ3n) is 3.07. The second-order valence-corrected chi connectivity index (χ2v) is 5.36. The lowest BCUT2D eigenvalue weighted by Gasteiger charge is -2.17. The number of hydrogen-bond acceptors (Lipinski definition) is 3. The Labute approximate surface area is 120 Å². The molecule has 3 nitrogen and oxygen atoms in total. The summed E-state index contributed by atoms with van der Waals surface area (Å²) in [4.78, 5) is 6.49. The minimum absolute atomic E-state index is 0.769. The van der Waals surface area contributed by atoms with Gasteiger partial charge in [0, 0.05) is 35.2 Å². The van der Waals surface area contributed by atoms with Crippen molar-refractivity contribution in [1.82, 2.24) is 4.98 Å². The number of halogens is 1. The number of benzene rings is 1. The van der Waals surface area contributed by atoms with Crippen LogP contribution in [0.1, 0.15) is 5.56 Å². The first-order valence-corrected chi connectivity index (χ1v) is 6.81. The Morgan fingerprint density at radius 1 is 1.21 bits per heavy atom. The largest absolute Gasteiger partial charge is 0.464 e. The Kier molecular flexibility index (Phi) is 3.25. The fraction of sp³-hybridized carbons (Fsp3) is 0.133. The summed E-state index contributed by atoms with van der Waals surface area (Å²) in [5.74, 6) is 0.938. The Bertz CT molecular complexity index is 691. The Hall–Kier alpha value is -1.81. The standard InChI is InChI=1S/C15H13BrN2O/c1-18(15-7-6-12(16)8-17-15)9-11-10-19-14-5-3-2-4-13(11)14/h2-8,10H,9H2,1H3. The second-order valence-electron chi connectivity index (χ2n) is 4.45. The number of furan rings is 1. The third kappa shape index (κ3) is 2.49. The molecule has 0 unspecified atom stereocenters. The number of rotatable bonds is 3. The lowest BCUT2D eigenvalue weighted by atomic mass is 10.1. The molecule has 0 amide bonds. The monoisotopic (exact) mass is 316 g/mol. The molecule has 3 aromatic rings. The quantitative estimate of drug-likeness (QED) is 0.724. The molecule has 0 spiro atoms. The molecule has 0 saturated carbocycles. The Balaban J connectivity index is 1.86. The van der Waals surface area contributed by atoms with Gasteiger partial charge in [0.15, 0.2) is 0 Å². The van der Waals surface area contributed by atoms with Crippen molar-refractivity contribution in [1.29, 1.82) is 0 Å². The summed E-state index contributed by atoms with van der Waals surface area (Å²) in [6.07, 6.45) is 3.62. The van der Waals surface area contributed by atoms with Gasteiger partial charge < -0.3 is 9.32 Å². The Morgan fingerprint density at radius 2 is 2.05 bits per heavy atom. The molecule has 0 N–H and O–H groups in total. The fourth-order valence-electron chi connectivity index (χ4n) is 2.09. The first-order chi connectivity index (χ1) is 9.24. The van der Waals surface area contributed by atoms with Gasteiger partial charge in [-0.1, -0.05) is 18.2 Å². The molecule has 0 bridgehead atoms. The minimum atomic E-state index is 0.769. The van der Waals surface area contributed by atoms with Crippen LogP contribution in [-0.4, -0.2) is 12.0 Å². The highest BCUT2D eigenvalue weighted by Gasteiger charge is 2.09. The van der Waals surface area contributed by atoms with Crippen LogP contribution in [-0.2, 0) is 6.54 Å². The van der Waals surface area contributed by atoms with Crippen LogP contribution >= 0.6 is 15.9 Å². The molecule has 4 heteroatoms. The van der Waals surface area contributed by atoms with Crippen molar-refractivity contribution in [3.05, 3.63) is 58.9 Å². The van der Waals surface area contributed by atoms with Gasteiger partial charge in [0.1, 0.15) is 11.4 Å². The van der Waals surface area contributed by atoms with Crippen LogP contribution in [0, 0.1) is 0 Å². The van der Waals surface area contributed by atoms with Crippen LogP contribution in [0.25, 0.3) is 11.0 Å². The minimum Gasteiger partial charge on any atom is -0.464 e. The maximum Gasteiger partial charge on any atom is 0.134 e.